The summed E-state index contributed by atoms with van der Waals surface area (Å²) >= 11 is 0. The molecule has 0 heterocycles. The lowest BCUT2D eigenvalue weighted by molar-refractivity contribution is -0.875. The van der Waals surface area contributed by atoms with E-state index >= 15 is 0 Å². The number of aliphatic carboxylic acids is 1. The molecule has 0 aliphatic carbocycles. The monoisotopic (exact) mass is 223 g/mol. The van der Waals surface area contributed by atoms with Gasteiger partial charge in [0.05, 0.1) is 21.1 Å². The van der Waals surface area contributed by atoms with E-state index in [0.717, 1.165) is 0 Å². The predicted molar refractivity (Wildman–Crippen MR) is 48.4 cm³/mol. The highest BCUT2D eigenvalue weighted by Crippen LogP contribution is 2.05. The van der Waals surface area contributed by atoms with Gasteiger partial charge in [-0.1, -0.05) is 0 Å². The van der Waals surface area contributed by atoms with Gasteiger partial charge in [-0.05, 0) is 0 Å². The maximum atomic E-state index is 10.6. The van der Waals surface area contributed by atoms with Crippen LogP contribution < -0.4 is 0 Å². The maximum Gasteiger partial charge on any atom is 0.335 e. The Balaban J connectivity index is 4.49. The number of carbonyl (C=O) groups is 1. The highest BCUT2D eigenvalue weighted by Gasteiger charge is 2.34. The van der Waals surface area contributed by atoms with Crippen LogP contribution in [-0.4, -0.2) is 65.6 Å². The number of nitrogens with zero attached hydrogens (tertiary/aromatic N) is 2. The minimum absolute atomic E-state index is 0.0325. The molecule has 0 radical (unpaired) electrons. The second-order valence-electron chi connectivity index (χ2n) is 4.13. The molecule has 2 N–H and O–H groups in total. The number of hydrogen-bond donors (Lipinski definition) is 2. The SMILES string of the molecule is C[N+](C)(C)CC(O)C(O[N+](=O)[O-])C(=O)O. The highest BCUT2D eigenvalue weighted by molar-refractivity contribution is 5.72. The summed E-state index contributed by atoms with van der Waals surface area (Å²) < 4.78 is 0.270. The zero-order valence-electron chi connectivity index (χ0n) is 8.78. The van der Waals surface area contributed by atoms with E-state index in [2.05, 4.69) is 4.84 Å². The van der Waals surface area contributed by atoms with Crippen molar-refractivity contribution in [3.63, 3.8) is 0 Å². The number of likely N-dealkylation sites (N-methyl/N-ethyl adjacent to an activating group) is 1. The molecule has 0 amide bonds. The Morgan fingerprint density at radius 3 is 2.27 bits per heavy atom. The lowest BCUT2D eigenvalue weighted by atomic mass is 10.2. The summed E-state index contributed by atoms with van der Waals surface area (Å²) in [5.74, 6) is -1.56. The zero-order chi connectivity index (χ0) is 12.2. The molecule has 2 unspecified atom stereocenters. The fourth-order valence-corrected chi connectivity index (χ4v) is 1.03. The van der Waals surface area contributed by atoms with Crippen molar-refractivity contribution in [2.75, 3.05) is 27.7 Å². The van der Waals surface area contributed by atoms with Crippen molar-refractivity contribution in [2.45, 2.75) is 12.2 Å². The van der Waals surface area contributed by atoms with Gasteiger partial charge in [-0.3, -0.25) is 4.84 Å². The molecule has 0 saturated heterocycles. The first-order valence-corrected chi connectivity index (χ1v) is 4.16. The average Bonchev–Trinajstić information content (AvgIpc) is 1.95. The lowest BCUT2D eigenvalue weighted by Gasteiger charge is -2.28. The minimum Gasteiger partial charge on any atom is -0.480 e. The first-order chi connectivity index (χ1) is 6.63. The number of carboxylic acids is 1. The highest BCUT2D eigenvalue weighted by atomic mass is 17.0. The molecule has 2 atom stereocenters. The van der Waals surface area contributed by atoms with Crippen molar-refractivity contribution in [2.24, 2.45) is 0 Å². The van der Waals surface area contributed by atoms with Crippen LogP contribution in [0, 0.1) is 10.1 Å². The molecule has 15 heavy (non-hydrogen) atoms. The molecular weight excluding hydrogens is 208 g/mol. The third kappa shape index (κ3) is 5.81. The molecule has 8 nitrogen and oxygen atoms in total. The van der Waals surface area contributed by atoms with Crippen LogP contribution in [0.15, 0.2) is 0 Å². The van der Waals surface area contributed by atoms with Crippen LogP contribution in [0.25, 0.3) is 0 Å². The molecule has 0 aliphatic rings. The smallest absolute Gasteiger partial charge is 0.335 e. The van der Waals surface area contributed by atoms with E-state index in [1.807, 2.05) is 0 Å². The van der Waals surface area contributed by atoms with E-state index in [1.54, 1.807) is 21.1 Å². The summed E-state index contributed by atoms with van der Waals surface area (Å²) in [5.41, 5.74) is 0. The first kappa shape index (κ1) is 13.6. The van der Waals surface area contributed by atoms with E-state index < -0.39 is 23.3 Å². The second kappa shape index (κ2) is 4.89. The molecule has 8 heteroatoms. The van der Waals surface area contributed by atoms with Gasteiger partial charge in [0, 0.05) is 0 Å². The molecule has 0 spiro atoms. The van der Waals surface area contributed by atoms with Gasteiger partial charge < -0.3 is 14.7 Å². The Labute approximate surface area is 86.4 Å². The van der Waals surface area contributed by atoms with Crippen LogP contribution in [-0.2, 0) is 9.63 Å². The predicted octanol–water partition coefficient (Wildman–Crippen LogP) is -1.28. The maximum absolute atomic E-state index is 10.6. The fourth-order valence-electron chi connectivity index (χ4n) is 1.03. The number of hydrogen-bond acceptors (Lipinski definition) is 5. The largest absolute Gasteiger partial charge is 0.480 e. The average molecular weight is 223 g/mol. The number of aliphatic hydroxyl groups excluding tert-OH is 1. The molecule has 0 aromatic heterocycles. The number of carboxylic acid groups (broad SMARTS) is 1. The number of rotatable bonds is 6. The Bertz CT molecular complexity index is 248. The minimum atomic E-state index is -1.85. The molecule has 0 aliphatic heterocycles. The van der Waals surface area contributed by atoms with Crippen LogP contribution in [0.5, 0.6) is 0 Å². The van der Waals surface area contributed by atoms with Crippen LogP contribution >= 0.6 is 0 Å². The number of quaternary nitrogens is 1. The van der Waals surface area contributed by atoms with E-state index in [1.165, 1.54) is 0 Å². The molecule has 0 rings (SSSR count). The second-order valence-corrected chi connectivity index (χ2v) is 4.13. The topological polar surface area (TPSA) is 110 Å². The summed E-state index contributed by atoms with van der Waals surface area (Å²) in [6.45, 7) is 0.0325. The van der Waals surface area contributed by atoms with Gasteiger partial charge in [-0.2, -0.15) is 0 Å². The van der Waals surface area contributed by atoms with Crippen LogP contribution in [0.2, 0.25) is 0 Å². The summed E-state index contributed by atoms with van der Waals surface area (Å²) in [7, 11) is 5.15. The van der Waals surface area contributed by atoms with E-state index in [0.29, 0.717) is 0 Å². The Morgan fingerprint density at radius 2 is 2.00 bits per heavy atom. The van der Waals surface area contributed by atoms with Gasteiger partial charge in [0.1, 0.15) is 12.6 Å². The van der Waals surface area contributed by atoms with Crippen LogP contribution in [0.1, 0.15) is 0 Å². The van der Waals surface area contributed by atoms with Crippen molar-refractivity contribution in [3.8, 4) is 0 Å². The Hall–Kier alpha value is -1.41. The first-order valence-electron chi connectivity index (χ1n) is 4.16. The molecule has 0 fully saturated rings. The normalized spacial score (nSPS) is 15.5. The van der Waals surface area contributed by atoms with Gasteiger partial charge in [0.15, 0.2) is 0 Å². The summed E-state index contributed by atoms with van der Waals surface area (Å²) in [6, 6.07) is 0. The van der Waals surface area contributed by atoms with Crippen molar-refractivity contribution in [3.05, 3.63) is 10.1 Å². The Morgan fingerprint density at radius 1 is 1.53 bits per heavy atom. The van der Waals surface area contributed by atoms with E-state index in [-0.39, 0.29) is 11.0 Å². The standard InChI is InChI=1S/C7H14N2O6/c1-9(2,3)4-5(10)6(7(11)12)15-8(13)14/h5-6,10H,4H2,1-3H3/p+1. The quantitative estimate of drug-likeness (QED) is 0.329. The third-order valence-corrected chi connectivity index (χ3v) is 1.53. The van der Waals surface area contributed by atoms with Gasteiger partial charge in [0.25, 0.3) is 5.09 Å². The van der Waals surface area contributed by atoms with Crippen LogP contribution in [0.3, 0.4) is 0 Å². The van der Waals surface area contributed by atoms with E-state index in [9.17, 15) is 20.0 Å². The van der Waals surface area contributed by atoms with Crippen molar-refractivity contribution >= 4 is 5.97 Å². The van der Waals surface area contributed by atoms with Gasteiger partial charge >= 0.3 is 5.97 Å². The van der Waals surface area contributed by atoms with Gasteiger partial charge in [-0.15, -0.1) is 10.1 Å². The molecule has 0 saturated carbocycles. The molecule has 0 aromatic carbocycles. The van der Waals surface area contributed by atoms with Crippen molar-refractivity contribution in [1.29, 1.82) is 0 Å². The summed E-state index contributed by atoms with van der Waals surface area (Å²) in [4.78, 5) is 24.4. The fraction of sp³-hybridized carbons (Fsp3) is 0.857. The zero-order valence-corrected chi connectivity index (χ0v) is 8.78. The van der Waals surface area contributed by atoms with Crippen molar-refractivity contribution < 1.29 is 29.4 Å². The lowest BCUT2D eigenvalue weighted by Crippen LogP contribution is -2.49. The summed E-state index contributed by atoms with van der Waals surface area (Å²) in [6.07, 6.45) is -3.29. The third-order valence-electron chi connectivity index (χ3n) is 1.53. The van der Waals surface area contributed by atoms with Gasteiger partial charge in [0.2, 0.25) is 6.10 Å². The van der Waals surface area contributed by atoms with Gasteiger partial charge in [-0.25, -0.2) is 4.79 Å². The van der Waals surface area contributed by atoms with E-state index in [4.69, 9.17) is 5.11 Å². The van der Waals surface area contributed by atoms with Crippen LogP contribution in [0.4, 0.5) is 0 Å². The number of aliphatic hydroxyl groups is 1. The Kier molecular flexibility index (Phi) is 4.43. The molecular formula is C7H15N2O6+. The molecule has 88 valence electrons. The molecule has 0 aromatic rings. The molecule has 0 bridgehead atoms. The van der Waals surface area contributed by atoms with Crippen molar-refractivity contribution in [1.82, 2.24) is 0 Å². The summed E-state index contributed by atoms with van der Waals surface area (Å²) in [5, 5.41) is 26.8.